The maximum absolute atomic E-state index is 11.3. The van der Waals surface area contributed by atoms with Crippen molar-refractivity contribution in [3.05, 3.63) is 53.6 Å². The zero-order valence-corrected chi connectivity index (χ0v) is 14.4. The van der Waals surface area contributed by atoms with Crippen LogP contribution in [0.1, 0.15) is 22.0 Å². The molecule has 0 aliphatic carbocycles. The highest BCUT2D eigenvalue weighted by Crippen LogP contribution is 2.21. The molecule has 7 nitrogen and oxygen atoms in total. The van der Waals surface area contributed by atoms with Crippen LogP contribution in [0.15, 0.2) is 36.4 Å². The van der Waals surface area contributed by atoms with E-state index in [9.17, 15) is 9.90 Å². The number of para-hydroxylation sites is 2. The molecule has 0 aliphatic rings. The van der Waals surface area contributed by atoms with E-state index in [2.05, 4.69) is 19.9 Å². The summed E-state index contributed by atoms with van der Waals surface area (Å²) in [7, 11) is 0. The van der Waals surface area contributed by atoms with Crippen LogP contribution in [0, 0.1) is 0 Å². The first-order chi connectivity index (χ1) is 11.1. The number of carboxylic acids is 1. The minimum atomic E-state index is -0.995. The van der Waals surface area contributed by atoms with E-state index in [1.54, 1.807) is 18.2 Å². The molecule has 5 N–H and O–H groups in total. The molecule has 4 aromatic rings. The number of halogens is 2. The second-order valence-electron chi connectivity index (χ2n) is 5.29. The lowest BCUT2D eigenvalue weighted by Crippen LogP contribution is -1.97. The molecule has 0 fully saturated rings. The van der Waals surface area contributed by atoms with Gasteiger partial charge in [-0.1, -0.05) is 12.1 Å². The van der Waals surface area contributed by atoms with Gasteiger partial charge in [-0.15, -0.1) is 24.8 Å². The Morgan fingerprint density at radius 3 is 2.12 bits per heavy atom. The molecule has 0 atom stereocenters. The third kappa shape index (κ3) is 3.24. The van der Waals surface area contributed by atoms with E-state index in [4.69, 9.17) is 5.73 Å². The van der Waals surface area contributed by atoms with E-state index >= 15 is 0 Å². The van der Waals surface area contributed by atoms with Crippen LogP contribution in [0.3, 0.4) is 0 Å². The second kappa shape index (κ2) is 7.00. The maximum Gasteiger partial charge on any atom is 0.337 e. The molecule has 0 bridgehead atoms. The van der Waals surface area contributed by atoms with E-state index in [-0.39, 0.29) is 30.4 Å². The standard InChI is InChI=1S/C16H13N5O2.2ClH/c17-9-4-2-6-11-15(9)21-13(19-11)7-12-18-10-5-1-3-8(16(22)23)14(10)20-12;;/h1-6H,7,17H2,(H,18,20)(H,19,21)(H,22,23);2*1H. The summed E-state index contributed by atoms with van der Waals surface area (Å²) < 4.78 is 0. The number of carboxylic acid groups (broad SMARTS) is 1. The molecule has 25 heavy (non-hydrogen) atoms. The van der Waals surface area contributed by atoms with Crippen molar-refractivity contribution < 1.29 is 9.90 Å². The smallest absolute Gasteiger partial charge is 0.337 e. The summed E-state index contributed by atoms with van der Waals surface area (Å²) in [6.07, 6.45) is 0.432. The molecule has 0 amide bonds. The summed E-state index contributed by atoms with van der Waals surface area (Å²) in [6.45, 7) is 0. The molecule has 0 saturated carbocycles. The summed E-state index contributed by atoms with van der Waals surface area (Å²) in [5.74, 6) is 0.366. The number of rotatable bonds is 3. The van der Waals surface area contributed by atoms with Crippen LogP contribution in [-0.4, -0.2) is 31.0 Å². The summed E-state index contributed by atoms with van der Waals surface area (Å²) in [4.78, 5) is 26.5. The van der Waals surface area contributed by atoms with Crippen LogP contribution in [-0.2, 0) is 6.42 Å². The minimum Gasteiger partial charge on any atom is -0.478 e. The van der Waals surface area contributed by atoms with Gasteiger partial charge in [-0.25, -0.2) is 14.8 Å². The van der Waals surface area contributed by atoms with Gasteiger partial charge in [0, 0.05) is 0 Å². The fraction of sp³-hybridized carbons (Fsp3) is 0.0625. The molecule has 9 heteroatoms. The number of hydrogen-bond donors (Lipinski definition) is 4. The first kappa shape index (κ1) is 18.6. The van der Waals surface area contributed by atoms with Crippen LogP contribution < -0.4 is 5.73 Å². The van der Waals surface area contributed by atoms with Gasteiger partial charge >= 0.3 is 5.97 Å². The van der Waals surface area contributed by atoms with E-state index < -0.39 is 5.97 Å². The molecule has 2 aromatic heterocycles. The lowest BCUT2D eigenvalue weighted by molar-refractivity contribution is 0.0699. The van der Waals surface area contributed by atoms with Crippen molar-refractivity contribution in [2.75, 3.05) is 5.73 Å². The SMILES string of the molecule is Cl.Cl.Nc1cccc2[nH]c(Cc3nc4c(C(=O)O)cccc4[nH]3)nc12. The van der Waals surface area contributed by atoms with E-state index in [1.165, 1.54) is 6.07 Å². The fourth-order valence-corrected chi connectivity index (χ4v) is 2.69. The molecular formula is C16H15Cl2N5O2. The number of nitrogens with one attached hydrogen (secondary N) is 2. The molecule has 0 radical (unpaired) electrons. The minimum absolute atomic E-state index is 0. The molecule has 0 spiro atoms. The van der Waals surface area contributed by atoms with Crippen molar-refractivity contribution >= 4 is 58.5 Å². The first-order valence-electron chi connectivity index (χ1n) is 7.06. The van der Waals surface area contributed by atoms with Crippen molar-refractivity contribution in [2.45, 2.75) is 6.42 Å². The second-order valence-corrected chi connectivity index (χ2v) is 5.29. The molecule has 0 unspecified atom stereocenters. The first-order valence-corrected chi connectivity index (χ1v) is 7.06. The molecule has 130 valence electrons. The number of fused-ring (bicyclic) bond motifs is 2. The quantitative estimate of drug-likeness (QED) is 0.407. The largest absolute Gasteiger partial charge is 0.478 e. The zero-order valence-electron chi connectivity index (χ0n) is 12.8. The third-order valence-electron chi connectivity index (χ3n) is 3.72. The number of hydrogen-bond acceptors (Lipinski definition) is 4. The number of benzene rings is 2. The van der Waals surface area contributed by atoms with Crippen LogP contribution in [0.4, 0.5) is 5.69 Å². The van der Waals surface area contributed by atoms with E-state index in [1.807, 2.05) is 12.1 Å². The molecule has 4 rings (SSSR count). The highest BCUT2D eigenvalue weighted by atomic mass is 35.5. The lowest BCUT2D eigenvalue weighted by atomic mass is 10.2. The van der Waals surface area contributed by atoms with Crippen LogP contribution >= 0.6 is 24.8 Å². The topological polar surface area (TPSA) is 121 Å². The predicted molar refractivity (Wildman–Crippen MR) is 101 cm³/mol. The highest BCUT2D eigenvalue weighted by Gasteiger charge is 2.14. The van der Waals surface area contributed by atoms with Crippen molar-refractivity contribution in [3.8, 4) is 0 Å². The number of carbonyl (C=O) groups is 1. The van der Waals surface area contributed by atoms with E-state index in [0.29, 0.717) is 34.8 Å². The monoisotopic (exact) mass is 379 g/mol. The predicted octanol–water partition coefficient (Wildman–Crippen LogP) is 3.15. The Hall–Kier alpha value is -2.77. The van der Waals surface area contributed by atoms with Gasteiger partial charge in [0.1, 0.15) is 22.7 Å². The third-order valence-corrected chi connectivity index (χ3v) is 3.72. The number of aromatic amines is 2. The Balaban J connectivity index is 0.00000113. The molecule has 2 heterocycles. The number of anilines is 1. The van der Waals surface area contributed by atoms with Gasteiger partial charge in [-0.2, -0.15) is 0 Å². The van der Waals surface area contributed by atoms with Crippen molar-refractivity contribution in [2.24, 2.45) is 0 Å². The Kier molecular flexibility index (Phi) is 5.20. The van der Waals surface area contributed by atoms with Gasteiger partial charge in [-0.05, 0) is 24.3 Å². The van der Waals surface area contributed by atoms with Gasteiger partial charge in [0.05, 0.1) is 28.7 Å². The van der Waals surface area contributed by atoms with Crippen LogP contribution in [0.25, 0.3) is 22.1 Å². The lowest BCUT2D eigenvalue weighted by Gasteiger charge is -1.93. The van der Waals surface area contributed by atoms with Crippen molar-refractivity contribution in [1.82, 2.24) is 19.9 Å². The number of H-pyrrole nitrogens is 2. The maximum atomic E-state index is 11.3. The summed E-state index contributed by atoms with van der Waals surface area (Å²) in [5.41, 5.74) is 9.43. The molecule has 2 aromatic carbocycles. The Morgan fingerprint density at radius 1 is 0.960 bits per heavy atom. The molecule has 0 aliphatic heterocycles. The van der Waals surface area contributed by atoms with Gasteiger partial charge in [-0.3, -0.25) is 0 Å². The van der Waals surface area contributed by atoms with Crippen molar-refractivity contribution in [1.29, 1.82) is 0 Å². The normalized spacial score (nSPS) is 10.4. The number of aromatic nitrogens is 4. The number of nitrogens with zero attached hydrogens (tertiary/aromatic N) is 2. The number of aromatic carboxylic acids is 1. The van der Waals surface area contributed by atoms with Gasteiger partial charge in [0.2, 0.25) is 0 Å². The van der Waals surface area contributed by atoms with Crippen molar-refractivity contribution in [3.63, 3.8) is 0 Å². The summed E-state index contributed by atoms with van der Waals surface area (Å²) in [6, 6.07) is 10.6. The zero-order chi connectivity index (χ0) is 16.0. The Labute approximate surface area is 154 Å². The number of nitrogen functional groups attached to an aromatic ring is 1. The average molecular weight is 380 g/mol. The highest BCUT2D eigenvalue weighted by molar-refractivity contribution is 6.00. The molecule has 0 saturated heterocycles. The summed E-state index contributed by atoms with van der Waals surface area (Å²) >= 11 is 0. The number of nitrogens with two attached hydrogens (primary N) is 1. The average Bonchev–Trinajstić information content (AvgIpc) is 3.10. The number of imidazole rings is 2. The Morgan fingerprint density at radius 2 is 1.52 bits per heavy atom. The van der Waals surface area contributed by atoms with Gasteiger partial charge in [0.25, 0.3) is 0 Å². The van der Waals surface area contributed by atoms with Crippen LogP contribution in [0.5, 0.6) is 0 Å². The summed E-state index contributed by atoms with van der Waals surface area (Å²) in [5, 5.41) is 9.22. The van der Waals surface area contributed by atoms with Crippen LogP contribution in [0.2, 0.25) is 0 Å². The Bertz CT molecular complexity index is 1060. The van der Waals surface area contributed by atoms with Gasteiger partial charge < -0.3 is 20.8 Å². The fourth-order valence-electron chi connectivity index (χ4n) is 2.69. The molecular weight excluding hydrogens is 365 g/mol. The van der Waals surface area contributed by atoms with Gasteiger partial charge in [0.15, 0.2) is 0 Å². The van der Waals surface area contributed by atoms with E-state index in [0.717, 1.165) is 11.0 Å².